The van der Waals surface area contributed by atoms with Gasteiger partial charge in [-0.2, -0.15) is 0 Å². The fraction of sp³-hybridized carbons (Fsp3) is 0.276. The highest BCUT2D eigenvalue weighted by molar-refractivity contribution is 5.52. The number of nitrogens with zero attached hydrogens (tertiary/aromatic N) is 1. The molecule has 0 aliphatic carbocycles. The van der Waals surface area contributed by atoms with Gasteiger partial charge in [-0.25, -0.2) is 4.98 Å². The summed E-state index contributed by atoms with van der Waals surface area (Å²) in [6.45, 7) is 1.72. The van der Waals surface area contributed by atoms with Crippen LogP contribution in [0.2, 0.25) is 0 Å². The molecule has 0 N–H and O–H groups in total. The van der Waals surface area contributed by atoms with E-state index in [0.717, 1.165) is 16.7 Å². The molecule has 1 aromatic heterocycles. The molecule has 4 aromatic rings. The predicted molar refractivity (Wildman–Crippen MR) is 129 cm³/mol. The molecule has 0 saturated carbocycles. The van der Waals surface area contributed by atoms with Gasteiger partial charge in [0.15, 0.2) is 5.76 Å². The first-order chi connectivity index (χ1) is 17.3. The number of aromatic nitrogens is 1. The van der Waals surface area contributed by atoms with Gasteiger partial charge in [0.05, 0.1) is 32.6 Å². The van der Waals surface area contributed by atoms with Crippen molar-refractivity contribution in [1.82, 2.24) is 4.98 Å². The van der Waals surface area contributed by atoms with Crippen LogP contribution in [0.25, 0.3) is 11.5 Å². The van der Waals surface area contributed by atoms with E-state index in [2.05, 4.69) is 17.1 Å². The summed E-state index contributed by atoms with van der Waals surface area (Å²) in [6.07, 6.45) is 0.697. The third kappa shape index (κ3) is 4.54. The molecule has 0 unspecified atom stereocenters. The van der Waals surface area contributed by atoms with Crippen LogP contribution < -0.4 is 0 Å². The molecule has 3 aromatic carbocycles. The van der Waals surface area contributed by atoms with Crippen molar-refractivity contribution >= 4 is 0 Å². The van der Waals surface area contributed by atoms with E-state index < -0.39 is 11.7 Å². The van der Waals surface area contributed by atoms with E-state index in [1.807, 2.05) is 78.9 Å². The van der Waals surface area contributed by atoms with Gasteiger partial charge in [-0.1, -0.05) is 78.9 Å². The number of rotatable bonds is 9. The van der Waals surface area contributed by atoms with E-state index in [4.69, 9.17) is 23.4 Å². The Bertz CT molecular complexity index is 1230. The fourth-order valence-corrected chi connectivity index (χ4v) is 4.81. The van der Waals surface area contributed by atoms with Crippen LogP contribution in [-0.2, 0) is 32.2 Å². The van der Waals surface area contributed by atoms with Crippen molar-refractivity contribution in [2.45, 2.75) is 37.1 Å². The zero-order chi connectivity index (χ0) is 23.5. The van der Waals surface area contributed by atoms with Gasteiger partial charge in [0.1, 0.15) is 23.9 Å². The summed E-state index contributed by atoms with van der Waals surface area (Å²) in [6, 6.07) is 30.1. The fourth-order valence-electron chi connectivity index (χ4n) is 4.81. The highest BCUT2D eigenvalue weighted by atomic mass is 16.7. The minimum Gasteiger partial charge on any atom is -0.438 e. The second-order valence-electron chi connectivity index (χ2n) is 9.01. The van der Waals surface area contributed by atoms with Crippen LogP contribution in [-0.4, -0.2) is 36.0 Å². The van der Waals surface area contributed by atoms with Gasteiger partial charge in [-0.15, -0.1) is 0 Å². The number of fused-ring (bicyclic) bond motifs is 2. The maximum absolute atomic E-state index is 6.61. The summed E-state index contributed by atoms with van der Waals surface area (Å²) >= 11 is 0. The molecule has 2 saturated heterocycles. The Hall–Kier alpha value is -3.29. The zero-order valence-electron chi connectivity index (χ0n) is 19.3. The quantitative estimate of drug-likeness (QED) is 0.329. The van der Waals surface area contributed by atoms with Gasteiger partial charge in [0, 0.05) is 5.56 Å². The summed E-state index contributed by atoms with van der Waals surface area (Å²) < 4.78 is 31.5. The number of ether oxygens (including phenoxy) is 4. The molecule has 2 aliphatic heterocycles. The molecule has 2 fully saturated rings. The Balaban J connectivity index is 1.22. The molecule has 3 heterocycles. The number of hydrogen-bond acceptors (Lipinski definition) is 6. The van der Waals surface area contributed by atoms with E-state index in [1.54, 1.807) is 6.20 Å². The lowest BCUT2D eigenvalue weighted by molar-refractivity contribution is -0.180. The molecule has 2 aliphatic rings. The van der Waals surface area contributed by atoms with E-state index >= 15 is 0 Å². The van der Waals surface area contributed by atoms with Crippen molar-refractivity contribution in [3.8, 4) is 11.5 Å². The van der Waals surface area contributed by atoms with Crippen LogP contribution in [0.15, 0.2) is 102 Å². The van der Waals surface area contributed by atoms with E-state index in [0.29, 0.717) is 38.1 Å². The molecule has 6 rings (SSSR count). The molecular weight excluding hydrogens is 442 g/mol. The first kappa shape index (κ1) is 22.2. The molecule has 35 heavy (non-hydrogen) atoms. The van der Waals surface area contributed by atoms with Crippen LogP contribution in [0.3, 0.4) is 0 Å². The maximum Gasteiger partial charge on any atom is 0.226 e. The molecule has 0 radical (unpaired) electrons. The zero-order valence-corrected chi connectivity index (χ0v) is 19.3. The van der Waals surface area contributed by atoms with Gasteiger partial charge in [0.25, 0.3) is 0 Å². The Morgan fingerprint density at radius 2 is 1.49 bits per heavy atom. The average molecular weight is 470 g/mol. The van der Waals surface area contributed by atoms with Crippen LogP contribution in [0.5, 0.6) is 0 Å². The lowest BCUT2D eigenvalue weighted by atomic mass is 9.98. The van der Waals surface area contributed by atoms with Crippen molar-refractivity contribution in [2.24, 2.45) is 0 Å². The minimum atomic E-state index is -0.724. The third-order valence-electron chi connectivity index (χ3n) is 6.55. The molecule has 6 nitrogen and oxygen atoms in total. The van der Waals surface area contributed by atoms with Crippen LogP contribution in [0, 0.1) is 0 Å². The average Bonchev–Trinajstić information content (AvgIpc) is 3.62. The summed E-state index contributed by atoms with van der Waals surface area (Å²) in [5, 5.41) is 0. The molecule has 4 atom stereocenters. The van der Waals surface area contributed by atoms with Crippen molar-refractivity contribution in [2.75, 3.05) is 13.2 Å². The first-order valence-electron chi connectivity index (χ1n) is 11.9. The predicted octanol–water partition coefficient (Wildman–Crippen LogP) is 5.35. The molecule has 0 spiro atoms. The lowest BCUT2D eigenvalue weighted by Gasteiger charge is -2.30. The number of oxazole rings is 1. The second kappa shape index (κ2) is 9.76. The largest absolute Gasteiger partial charge is 0.438 e. The highest BCUT2D eigenvalue weighted by Gasteiger charge is 2.63. The van der Waals surface area contributed by atoms with Crippen LogP contribution in [0.1, 0.15) is 23.0 Å². The molecule has 0 amide bonds. The molecule has 2 bridgehead atoms. The third-order valence-corrected chi connectivity index (χ3v) is 6.55. The van der Waals surface area contributed by atoms with Gasteiger partial charge in [-0.3, -0.25) is 0 Å². The van der Waals surface area contributed by atoms with Crippen LogP contribution in [0.4, 0.5) is 0 Å². The van der Waals surface area contributed by atoms with Crippen molar-refractivity contribution in [3.63, 3.8) is 0 Å². The molecule has 6 heteroatoms. The monoisotopic (exact) mass is 469 g/mol. The standard InChI is InChI=1S/C29H27NO5/c1-4-10-21(11-5-1)17-31-19-29-20-33-26(27(29)32-18-22-12-6-2-7-13-22)25(35-29)24-16-30-28(34-24)23-14-8-3-9-15-23/h1-16,25-27H,17-20H2/t25-,26-,27-,29-/m0/s1. The smallest absolute Gasteiger partial charge is 0.226 e. The summed E-state index contributed by atoms with van der Waals surface area (Å²) in [5.41, 5.74) is 2.40. The molecular formula is C29H27NO5. The maximum atomic E-state index is 6.61. The van der Waals surface area contributed by atoms with E-state index in [1.165, 1.54) is 0 Å². The van der Waals surface area contributed by atoms with Gasteiger partial charge >= 0.3 is 0 Å². The lowest BCUT2D eigenvalue weighted by Crippen LogP contribution is -2.46. The number of benzene rings is 3. The summed E-state index contributed by atoms with van der Waals surface area (Å²) in [7, 11) is 0. The first-order valence-corrected chi connectivity index (χ1v) is 11.9. The van der Waals surface area contributed by atoms with Gasteiger partial charge < -0.3 is 23.4 Å². The second-order valence-corrected chi connectivity index (χ2v) is 9.01. The van der Waals surface area contributed by atoms with E-state index in [9.17, 15) is 0 Å². The SMILES string of the molecule is c1ccc(COC[C@@]23CO[C@@H]([C@H](c4cnc(-c5ccccc5)o4)O2)[C@@H]3OCc2ccccc2)cc1. The normalized spacial score (nSPS) is 25.2. The molecule has 178 valence electrons. The van der Waals surface area contributed by atoms with Gasteiger partial charge in [-0.05, 0) is 23.3 Å². The van der Waals surface area contributed by atoms with Gasteiger partial charge in [0.2, 0.25) is 5.89 Å². The van der Waals surface area contributed by atoms with Crippen molar-refractivity contribution in [3.05, 3.63) is 114 Å². The topological polar surface area (TPSA) is 63.0 Å². The Morgan fingerprint density at radius 3 is 2.20 bits per heavy atom. The van der Waals surface area contributed by atoms with Crippen molar-refractivity contribution < 1.29 is 23.4 Å². The highest BCUT2D eigenvalue weighted by Crippen LogP contribution is 2.49. The number of hydrogen-bond donors (Lipinski definition) is 0. The Kier molecular flexibility index (Phi) is 6.19. The van der Waals surface area contributed by atoms with Crippen molar-refractivity contribution in [1.29, 1.82) is 0 Å². The van der Waals surface area contributed by atoms with Crippen LogP contribution >= 0.6 is 0 Å². The summed E-state index contributed by atoms with van der Waals surface area (Å²) in [4.78, 5) is 4.48. The Labute approximate surface area is 204 Å². The summed E-state index contributed by atoms with van der Waals surface area (Å²) in [5.74, 6) is 1.19. The van der Waals surface area contributed by atoms with E-state index in [-0.39, 0.29) is 12.2 Å². The Morgan fingerprint density at radius 1 is 0.829 bits per heavy atom. The minimum absolute atomic E-state index is 0.297.